The number of likely N-dealkylation sites (N-methyl/N-ethyl adjacent to an activating group) is 1. The average molecular weight is 391 g/mol. The molecule has 2 fully saturated rings. The van der Waals surface area contributed by atoms with E-state index in [0.717, 1.165) is 32.7 Å². The number of nitro groups is 1. The number of benzene rings is 1. The Bertz CT molecular complexity index is 700. The first-order chi connectivity index (χ1) is 13.4. The molecule has 1 aromatic carbocycles. The summed E-state index contributed by atoms with van der Waals surface area (Å²) in [4.78, 5) is 30.1. The van der Waals surface area contributed by atoms with Crippen LogP contribution in [0.1, 0.15) is 17.3 Å². The first-order valence-corrected chi connectivity index (χ1v) is 9.77. The zero-order valence-electron chi connectivity index (χ0n) is 16.6. The number of hydrogen-bond donors (Lipinski definition) is 1. The fraction of sp³-hybridized carbons (Fsp3) is 0.632. The molecule has 0 aliphatic carbocycles. The molecular weight excluding hydrogens is 362 g/mol. The van der Waals surface area contributed by atoms with Crippen LogP contribution in [0.25, 0.3) is 0 Å². The van der Waals surface area contributed by atoms with Crippen molar-refractivity contribution in [3.63, 3.8) is 0 Å². The molecule has 28 heavy (non-hydrogen) atoms. The smallest absolute Gasteiger partial charge is 0.293 e. The number of carbonyl (C=O) groups is 1. The molecule has 1 atom stereocenters. The van der Waals surface area contributed by atoms with Crippen LogP contribution in [0, 0.1) is 10.1 Å². The number of morpholine rings is 1. The highest BCUT2D eigenvalue weighted by molar-refractivity contribution is 5.95. The number of nitro benzene ring substituents is 1. The Morgan fingerprint density at radius 1 is 1.21 bits per heavy atom. The van der Waals surface area contributed by atoms with Crippen LogP contribution in [0.2, 0.25) is 0 Å². The van der Waals surface area contributed by atoms with E-state index >= 15 is 0 Å². The maximum absolute atomic E-state index is 12.6. The molecule has 1 N–H and O–H groups in total. The van der Waals surface area contributed by atoms with E-state index in [2.05, 4.69) is 22.2 Å². The van der Waals surface area contributed by atoms with Gasteiger partial charge in [-0.05, 0) is 26.1 Å². The molecule has 9 heteroatoms. The Labute approximate surface area is 165 Å². The first kappa shape index (κ1) is 20.5. The van der Waals surface area contributed by atoms with E-state index in [9.17, 15) is 14.9 Å². The van der Waals surface area contributed by atoms with Crippen molar-refractivity contribution >= 4 is 17.3 Å². The molecule has 2 aliphatic heterocycles. The highest BCUT2D eigenvalue weighted by Crippen LogP contribution is 2.27. The molecule has 2 aliphatic rings. The average Bonchev–Trinajstić information content (AvgIpc) is 2.70. The monoisotopic (exact) mass is 391 g/mol. The van der Waals surface area contributed by atoms with Gasteiger partial charge in [0.05, 0.1) is 18.1 Å². The minimum Gasteiger partial charge on any atom is -0.378 e. The van der Waals surface area contributed by atoms with E-state index in [4.69, 9.17) is 4.74 Å². The molecule has 9 nitrogen and oxygen atoms in total. The Hall–Kier alpha value is -2.23. The van der Waals surface area contributed by atoms with Crippen molar-refractivity contribution in [2.75, 3.05) is 71.4 Å². The lowest BCUT2D eigenvalue weighted by molar-refractivity contribution is -0.384. The van der Waals surface area contributed by atoms with Gasteiger partial charge in [-0.25, -0.2) is 0 Å². The van der Waals surface area contributed by atoms with Gasteiger partial charge in [0, 0.05) is 63.5 Å². The van der Waals surface area contributed by atoms with E-state index in [1.807, 2.05) is 6.92 Å². The van der Waals surface area contributed by atoms with E-state index in [-0.39, 0.29) is 17.6 Å². The van der Waals surface area contributed by atoms with Gasteiger partial charge in [-0.15, -0.1) is 0 Å². The Balaban J connectivity index is 1.67. The lowest BCUT2D eigenvalue weighted by Crippen LogP contribution is -2.47. The maximum Gasteiger partial charge on any atom is 0.293 e. The number of hydrogen-bond acceptors (Lipinski definition) is 7. The van der Waals surface area contributed by atoms with Gasteiger partial charge in [-0.1, -0.05) is 0 Å². The molecule has 0 spiro atoms. The summed E-state index contributed by atoms with van der Waals surface area (Å²) in [6.45, 7) is 8.91. The van der Waals surface area contributed by atoms with Gasteiger partial charge in [0.2, 0.25) is 0 Å². The summed E-state index contributed by atoms with van der Waals surface area (Å²) in [5.41, 5.74) is 0.723. The van der Waals surface area contributed by atoms with Crippen molar-refractivity contribution < 1.29 is 14.5 Å². The van der Waals surface area contributed by atoms with Gasteiger partial charge in [-0.3, -0.25) is 19.8 Å². The third-order valence-electron chi connectivity index (χ3n) is 5.27. The fourth-order valence-electron chi connectivity index (χ4n) is 3.62. The molecule has 2 saturated heterocycles. The van der Waals surface area contributed by atoms with Crippen molar-refractivity contribution in [1.29, 1.82) is 0 Å². The van der Waals surface area contributed by atoms with Crippen LogP contribution in [-0.4, -0.2) is 97.6 Å². The Kier molecular flexibility index (Phi) is 6.82. The van der Waals surface area contributed by atoms with Crippen molar-refractivity contribution in [2.24, 2.45) is 0 Å². The molecule has 0 saturated carbocycles. The van der Waals surface area contributed by atoms with Crippen molar-refractivity contribution in [2.45, 2.75) is 13.0 Å². The number of amides is 1. The number of rotatable bonds is 6. The summed E-state index contributed by atoms with van der Waals surface area (Å²) in [6.07, 6.45) is 0. The fourth-order valence-corrected chi connectivity index (χ4v) is 3.62. The Morgan fingerprint density at radius 3 is 2.54 bits per heavy atom. The molecule has 2 heterocycles. The van der Waals surface area contributed by atoms with Crippen LogP contribution < -0.4 is 5.32 Å². The van der Waals surface area contributed by atoms with Crippen LogP contribution in [0.15, 0.2) is 18.2 Å². The maximum atomic E-state index is 12.6. The minimum absolute atomic E-state index is 0.0582. The zero-order chi connectivity index (χ0) is 20.1. The summed E-state index contributed by atoms with van der Waals surface area (Å²) < 4.78 is 5.26. The summed E-state index contributed by atoms with van der Waals surface area (Å²) in [5.74, 6) is -0.191. The molecule has 1 aromatic rings. The predicted molar refractivity (Wildman–Crippen MR) is 107 cm³/mol. The van der Waals surface area contributed by atoms with E-state index in [1.54, 1.807) is 17.0 Å². The zero-order valence-corrected chi connectivity index (χ0v) is 16.6. The van der Waals surface area contributed by atoms with Gasteiger partial charge < -0.3 is 19.9 Å². The molecular formula is C19H29N5O4. The van der Waals surface area contributed by atoms with Crippen LogP contribution in [0.4, 0.5) is 11.4 Å². The molecule has 0 aromatic heterocycles. The van der Waals surface area contributed by atoms with Crippen LogP contribution in [0.3, 0.4) is 0 Å². The van der Waals surface area contributed by atoms with Gasteiger partial charge in [0.1, 0.15) is 5.69 Å². The van der Waals surface area contributed by atoms with E-state index in [1.165, 1.54) is 6.07 Å². The number of anilines is 1. The molecule has 154 valence electrons. The van der Waals surface area contributed by atoms with Gasteiger partial charge >= 0.3 is 0 Å². The summed E-state index contributed by atoms with van der Waals surface area (Å²) in [6, 6.07) is 4.74. The number of nitrogens with zero attached hydrogens (tertiary/aromatic N) is 4. The largest absolute Gasteiger partial charge is 0.378 e. The SMILES string of the molecule is CC(CN1CCN(C)CC1)Nc1ccc(C(=O)N2CCOCC2)cc1[N+](=O)[O-]. The topological polar surface area (TPSA) is 91.2 Å². The molecule has 0 radical (unpaired) electrons. The minimum atomic E-state index is -0.430. The first-order valence-electron chi connectivity index (χ1n) is 9.77. The van der Waals surface area contributed by atoms with Crippen molar-refractivity contribution in [3.8, 4) is 0 Å². The van der Waals surface area contributed by atoms with Gasteiger partial charge in [0.15, 0.2) is 0 Å². The van der Waals surface area contributed by atoms with E-state index < -0.39 is 4.92 Å². The highest BCUT2D eigenvalue weighted by Gasteiger charge is 2.24. The number of carbonyl (C=O) groups excluding carboxylic acids is 1. The number of ether oxygens (including phenoxy) is 1. The lowest BCUT2D eigenvalue weighted by atomic mass is 10.1. The summed E-state index contributed by atoms with van der Waals surface area (Å²) >= 11 is 0. The second kappa shape index (κ2) is 9.31. The number of nitrogens with one attached hydrogen (secondary N) is 1. The quantitative estimate of drug-likeness (QED) is 0.574. The molecule has 1 amide bonds. The van der Waals surface area contributed by atoms with Crippen molar-refractivity contribution in [3.05, 3.63) is 33.9 Å². The van der Waals surface area contributed by atoms with E-state index in [0.29, 0.717) is 37.6 Å². The van der Waals surface area contributed by atoms with Crippen molar-refractivity contribution in [1.82, 2.24) is 14.7 Å². The van der Waals surface area contributed by atoms with Gasteiger partial charge in [0.25, 0.3) is 11.6 Å². The predicted octanol–water partition coefficient (Wildman–Crippen LogP) is 1.12. The number of piperazine rings is 1. The summed E-state index contributed by atoms with van der Waals surface area (Å²) in [7, 11) is 2.11. The second-order valence-electron chi connectivity index (χ2n) is 7.54. The molecule has 1 unspecified atom stereocenters. The molecule has 3 rings (SSSR count). The summed E-state index contributed by atoms with van der Waals surface area (Å²) in [5, 5.41) is 14.8. The lowest BCUT2D eigenvalue weighted by Gasteiger charge is -2.34. The third kappa shape index (κ3) is 5.18. The van der Waals surface area contributed by atoms with Crippen LogP contribution in [0.5, 0.6) is 0 Å². The van der Waals surface area contributed by atoms with Crippen LogP contribution in [-0.2, 0) is 4.74 Å². The highest BCUT2D eigenvalue weighted by atomic mass is 16.6. The van der Waals surface area contributed by atoms with Gasteiger partial charge in [-0.2, -0.15) is 0 Å². The van der Waals surface area contributed by atoms with Crippen LogP contribution >= 0.6 is 0 Å². The normalized spacial score (nSPS) is 20.0. The third-order valence-corrected chi connectivity index (χ3v) is 5.27. The standard InChI is InChI=1S/C19H29N5O4/c1-15(14-22-7-5-21(2)6-8-22)20-17-4-3-16(13-18(17)24(26)27)19(25)23-9-11-28-12-10-23/h3-4,13,15,20H,5-12,14H2,1-2H3. The Morgan fingerprint density at radius 2 is 1.89 bits per heavy atom. The molecule has 0 bridgehead atoms. The second-order valence-corrected chi connectivity index (χ2v) is 7.54.